The van der Waals surface area contributed by atoms with Crippen LogP contribution in [0.2, 0.25) is 0 Å². The van der Waals surface area contributed by atoms with Crippen LogP contribution in [-0.4, -0.2) is 10.5 Å². The Balaban J connectivity index is 2.23. The summed E-state index contributed by atoms with van der Waals surface area (Å²) in [7, 11) is 0. The lowest BCUT2D eigenvalue weighted by atomic mass is 9.71. The first-order chi connectivity index (χ1) is 4.72. The molecule has 0 aromatic carbocycles. The second-order valence-corrected chi connectivity index (χ2v) is 3.81. The van der Waals surface area contributed by atoms with Crippen molar-refractivity contribution >= 4 is 17.2 Å². The molecule has 1 heterocycles. The van der Waals surface area contributed by atoms with Crippen molar-refractivity contribution in [1.29, 1.82) is 0 Å². The lowest BCUT2D eigenvalue weighted by molar-refractivity contribution is 0.257. The lowest BCUT2D eigenvalue weighted by Crippen LogP contribution is -2.66. The van der Waals surface area contributed by atoms with E-state index in [1.807, 2.05) is 0 Å². The van der Waals surface area contributed by atoms with Crippen LogP contribution in [0.1, 0.15) is 19.8 Å². The van der Waals surface area contributed by atoms with Gasteiger partial charge in [0.1, 0.15) is 0 Å². The maximum Gasteiger partial charge on any atom is 0.0816 e. The minimum absolute atomic E-state index is 0.311. The van der Waals surface area contributed by atoms with E-state index >= 15 is 0 Å². The molecule has 0 aromatic heterocycles. The molecule has 0 saturated carbocycles. The van der Waals surface area contributed by atoms with Crippen LogP contribution in [0, 0.1) is 5.92 Å². The SMILES string of the molecule is C[C@@]12CC=CC[C@@H]1C(=S)N2. The van der Waals surface area contributed by atoms with Crippen LogP contribution in [0.5, 0.6) is 0 Å². The molecule has 0 amide bonds. The first-order valence-corrected chi connectivity index (χ1v) is 4.10. The maximum absolute atomic E-state index is 5.11. The Kier molecular flexibility index (Phi) is 1.15. The number of thiocarbonyl (C=S) groups is 1. The second-order valence-electron chi connectivity index (χ2n) is 3.37. The molecule has 54 valence electrons. The summed E-state index contributed by atoms with van der Waals surface area (Å²) >= 11 is 5.11. The van der Waals surface area contributed by atoms with Gasteiger partial charge in [0.05, 0.1) is 4.99 Å². The van der Waals surface area contributed by atoms with Crippen molar-refractivity contribution in [3.8, 4) is 0 Å². The van der Waals surface area contributed by atoms with Crippen molar-refractivity contribution < 1.29 is 0 Å². The van der Waals surface area contributed by atoms with E-state index in [4.69, 9.17) is 12.2 Å². The standard InChI is InChI=1S/C8H11NS/c1-8-5-3-2-4-6(8)7(10)9-8/h2-3,6H,4-5H2,1H3,(H,9,10)/t6-,8-/m1/s1. The van der Waals surface area contributed by atoms with Crippen LogP contribution >= 0.6 is 12.2 Å². The predicted octanol–water partition coefficient (Wildman–Crippen LogP) is 1.64. The topological polar surface area (TPSA) is 12.0 Å². The van der Waals surface area contributed by atoms with Crippen molar-refractivity contribution in [2.75, 3.05) is 0 Å². The molecule has 2 rings (SSSR count). The summed E-state index contributed by atoms with van der Waals surface area (Å²) in [6.45, 7) is 2.25. The number of nitrogens with one attached hydrogen (secondary N) is 1. The predicted molar refractivity (Wildman–Crippen MR) is 46.0 cm³/mol. The Morgan fingerprint density at radius 2 is 2.50 bits per heavy atom. The van der Waals surface area contributed by atoms with Gasteiger partial charge in [0.15, 0.2) is 0 Å². The van der Waals surface area contributed by atoms with Crippen molar-refractivity contribution in [3.63, 3.8) is 0 Å². The molecule has 1 aliphatic carbocycles. The maximum atomic E-state index is 5.11. The van der Waals surface area contributed by atoms with E-state index in [2.05, 4.69) is 24.4 Å². The number of hydrogen-bond acceptors (Lipinski definition) is 1. The average molecular weight is 153 g/mol. The third-order valence-corrected chi connectivity index (χ3v) is 2.96. The van der Waals surface area contributed by atoms with E-state index < -0.39 is 0 Å². The summed E-state index contributed by atoms with van der Waals surface area (Å²) in [6.07, 6.45) is 6.75. The highest BCUT2D eigenvalue weighted by atomic mass is 32.1. The Morgan fingerprint density at radius 3 is 3.00 bits per heavy atom. The third-order valence-electron chi connectivity index (χ3n) is 2.57. The molecule has 1 aliphatic heterocycles. The molecule has 0 spiro atoms. The van der Waals surface area contributed by atoms with E-state index in [9.17, 15) is 0 Å². The molecule has 0 radical (unpaired) electrons. The molecule has 1 N–H and O–H groups in total. The second kappa shape index (κ2) is 1.82. The largest absolute Gasteiger partial charge is 0.373 e. The quantitative estimate of drug-likeness (QED) is 0.419. The molecule has 1 nitrogen and oxygen atoms in total. The molecule has 2 heteroatoms. The van der Waals surface area contributed by atoms with Crippen molar-refractivity contribution in [2.24, 2.45) is 5.92 Å². The summed E-state index contributed by atoms with van der Waals surface area (Å²) in [4.78, 5) is 1.06. The molecule has 10 heavy (non-hydrogen) atoms. The molecule has 0 bridgehead atoms. The van der Waals surface area contributed by atoms with Crippen molar-refractivity contribution in [1.82, 2.24) is 5.32 Å². The van der Waals surface area contributed by atoms with Crippen LogP contribution in [0.3, 0.4) is 0 Å². The Hall–Kier alpha value is -0.370. The van der Waals surface area contributed by atoms with Crippen LogP contribution in [-0.2, 0) is 0 Å². The summed E-state index contributed by atoms with van der Waals surface area (Å²) in [5.74, 6) is 0.632. The van der Waals surface area contributed by atoms with Crippen molar-refractivity contribution in [2.45, 2.75) is 25.3 Å². The third kappa shape index (κ3) is 0.655. The Bertz CT molecular complexity index is 209. The molecular formula is C8H11NS. The van der Waals surface area contributed by atoms with Crippen LogP contribution in [0.4, 0.5) is 0 Å². The highest BCUT2D eigenvalue weighted by molar-refractivity contribution is 7.80. The van der Waals surface area contributed by atoms with Gasteiger partial charge < -0.3 is 5.32 Å². The lowest BCUT2D eigenvalue weighted by Gasteiger charge is -2.50. The molecule has 0 unspecified atom stereocenters. The van der Waals surface area contributed by atoms with Gasteiger partial charge in [-0.05, 0) is 19.8 Å². The first-order valence-electron chi connectivity index (χ1n) is 3.69. The molecule has 2 atom stereocenters. The number of allylic oxidation sites excluding steroid dienone is 1. The van der Waals surface area contributed by atoms with Gasteiger partial charge in [-0.15, -0.1) is 0 Å². The normalized spacial score (nSPS) is 43.7. The molecule has 1 fully saturated rings. The van der Waals surface area contributed by atoms with Gasteiger partial charge >= 0.3 is 0 Å². The molecule has 0 aromatic rings. The van der Waals surface area contributed by atoms with E-state index in [1.165, 1.54) is 0 Å². The number of fused-ring (bicyclic) bond motifs is 1. The summed E-state index contributed by atoms with van der Waals surface area (Å²) in [6, 6.07) is 0. The van der Waals surface area contributed by atoms with Gasteiger partial charge in [-0.1, -0.05) is 24.4 Å². The zero-order valence-electron chi connectivity index (χ0n) is 6.05. The van der Waals surface area contributed by atoms with Gasteiger partial charge in [0.2, 0.25) is 0 Å². The van der Waals surface area contributed by atoms with Gasteiger partial charge in [0, 0.05) is 11.5 Å². The first kappa shape index (κ1) is 6.35. The van der Waals surface area contributed by atoms with E-state index in [-0.39, 0.29) is 0 Å². The van der Waals surface area contributed by atoms with E-state index in [0.717, 1.165) is 17.8 Å². The zero-order valence-corrected chi connectivity index (χ0v) is 6.87. The fraction of sp³-hybridized carbons (Fsp3) is 0.625. The molecule has 1 saturated heterocycles. The fourth-order valence-electron chi connectivity index (χ4n) is 1.79. The highest BCUT2D eigenvalue weighted by Crippen LogP contribution is 2.37. The monoisotopic (exact) mass is 153 g/mol. The van der Waals surface area contributed by atoms with Crippen molar-refractivity contribution in [3.05, 3.63) is 12.2 Å². The number of hydrogen-bond donors (Lipinski definition) is 1. The van der Waals surface area contributed by atoms with Gasteiger partial charge in [-0.25, -0.2) is 0 Å². The average Bonchev–Trinajstić information content (AvgIpc) is 1.86. The Morgan fingerprint density at radius 1 is 1.70 bits per heavy atom. The van der Waals surface area contributed by atoms with Gasteiger partial charge in [0.25, 0.3) is 0 Å². The summed E-state index contributed by atoms with van der Waals surface area (Å²) in [5.41, 5.74) is 0.311. The Labute approximate surface area is 66.5 Å². The minimum Gasteiger partial charge on any atom is -0.373 e. The molecular weight excluding hydrogens is 142 g/mol. The minimum atomic E-state index is 0.311. The summed E-state index contributed by atoms with van der Waals surface area (Å²) in [5, 5.41) is 3.30. The highest BCUT2D eigenvalue weighted by Gasteiger charge is 2.46. The van der Waals surface area contributed by atoms with Crippen LogP contribution in [0.25, 0.3) is 0 Å². The van der Waals surface area contributed by atoms with Crippen LogP contribution in [0.15, 0.2) is 12.2 Å². The summed E-state index contributed by atoms with van der Waals surface area (Å²) < 4.78 is 0. The van der Waals surface area contributed by atoms with Gasteiger partial charge in [-0.3, -0.25) is 0 Å². The fourth-order valence-corrected chi connectivity index (χ4v) is 2.38. The van der Waals surface area contributed by atoms with Crippen LogP contribution < -0.4 is 5.32 Å². The molecule has 2 aliphatic rings. The number of rotatable bonds is 0. The van der Waals surface area contributed by atoms with E-state index in [1.54, 1.807) is 0 Å². The smallest absolute Gasteiger partial charge is 0.0816 e. The zero-order chi connectivity index (χ0) is 7.19. The van der Waals surface area contributed by atoms with E-state index in [0.29, 0.717) is 11.5 Å². The van der Waals surface area contributed by atoms with Gasteiger partial charge in [-0.2, -0.15) is 0 Å².